The van der Waals surface area contributed by atoms with Crippen molar-refractivity contribution in [1.82, 2.24) is 0 Å². The predicted octanol–water partition coefficient (Wildman–Crippen LogP) is 4.21. The summed E-state index contributed by atoms with van der Waals surface area (Å²) in [6.07, 6.45) is 0. The number of carbonyl (C=O) groups excluding carboxylic acids is 1. The molecule has 0 saturated carbocycles. The van der Waals surface area contributed by atoms with Crippen LogP contribution in [-0.4, -0.2) is 20.0 Å². The number of halogens is 1. The lowest BCUT2D eigenvalue weighted by Gasteiger charge is -2.12. The molecule has 0 radical (unpaired) electrons. The van der Waals surface area contributed by atoms with Crippen LogP contribution in [0.15, 0.2) is 30.3 Å². The molecule has 0 fully saturated rings. The molecular formula is C17H17ClO3. The molecule has 0 bridgehead atoms. The number of ether oxygens (including phenoxy) is 2. The molecule has 110 valence electrons. The Balaban J connectivity index is 2.53. The lowest BCUT2D eigenvalue weighted by Crippen LogP contribution is -2.05. The Morgan fingerprint density at radius 3 is 2.14 bits per heavy atom. The van der Waals surface area contributed by atoms with Gasteiger partial charge in [-0.15, -0.1) is 0 Å². The van der Waals surface area contributed by atoms with Gasteiger partial charge >= 0.3 is 0 Å². The van der Waals surface area contributed by atoms with Crippen LogP contribution in [0.25, 0.3) is 0 Å². The molecule has 3 nitrogen and oxygen atoms in total. The summed E-state index contributed by atoms with van der Waals surface area (Å²) in [6.45, 7) is 3.83. The topological polar surface area (TPSA) is 35.5 Å². The van der Waals surface area contributed by atoms with Crippen LogP contribution in [0.5, 0.6) is 11.5 Å². The Hall–Kier alpha value is -2.00. The normalized spacial score (nSPS) is 10.3. The molecule has 0 saturated heterocycles. The minimum Gasteiger partial charge on any atom is -0.496 e. The van der Waals surface area contributed by atoms with Crippen molar-refractivity contribution in [3.63, 3.8) is 0 Å². The van der Waals surface area contributed by atoms with Crippen molar-refractivity contribution in [2.75, 3.05) is 14.2 Å². The molecule has 0 aromatic heterocycles. The second kappa shape index (κ2) is 6.19. The number of ketones is 1. The minimum atomic E-state index is -0.122. The fraction of sp³-hybridized carbons (Fsp3) is 0.235. The molecule has 0 spiro atoms. The molecule has 0 N–H and O–H groups in total. The van der Waals surface area contributed by atoms with E-state index >= 15 is 0 Å². The van der Waals surface area contributed by atoms with Crippen molar-refractivity contribution >= 4 is 17.4 Å². The van der Waals surface area contributed by atoms with Crippen LogP contribution in [0.2, 0.25) is 5.02 Å². The van der Waals surface area contributed by atoms with Gasteiger partial charge in [-0.25, -0.2) is 0 Å². The summed E-state index contributed by atoms with van der Waals surface area (Å²) < 4.78 is 10.6. The summed E-state index contributed by atoms with van der Waals surface area (Å²) in [6, 6.07) is 8.64. The molecule has 2 aromatic carbocycles. The fourth-order valence-electron chi connectivity index (χ4n) is 2.42. The van der Waals surface area contributed by atoms with Gasteiger partial charge < -0.3 is 9.47 Å². The van der Waals surface area contributed by atoms with Gasteiger partial charge in [0.25, 0.3) is 0 Å². The van der Waals surface area contributed by atoms with Gasteiger partial charge in [0.05, 0.1) is 19.8 Å². The molecule has 0 amide bonds. The van der Waals surface area contributed by atoms with E-state index in [1.54, 1.807) is 25.3 Å². The van der Waals surface area contributed by atoms with Gasteiger partial charge in [-0.05, 0) is 55.3 Å². The van der Waals surface area contributed by atoms with Gasteiger partial charge in [0.2, 0.25) is 0 Å². The molecule has 2 aromatic rings. The second-order valence-corrected chi connectivity index (χ2v) is 5.25. The van der Waals surface area contributed by atoms with E-state index in [1.807, 2.05) is 26.0 Å². The first-order valence-electron chi connectivity index (χ1n) is 6.51. The van der Waals surface area contributed by atoms with Crippen LogP contribution in [0.3, 0.4) is 0 Å². The SMILES string of the molecule is COc1ccc(Cl)cc1C(=O)c1cc(C)c(OC)c(C)c1. The summed E-state index contributed by atoms with van der Waals surface area (Å²) in [4.78, 5) is 12.7. The van der Waals surface area contributed by atoms with Gasteiger partial charge in [0, 0.05) is 10.6 Å². The largest absolute Gasteiger partial charge is 0.496 e. The number of methoxy groups -OCH3 is 2. The van der Waals surface area contributed by atoms with Gasteiger partial charge in [0.1, 0.15) is 11.5 Å². The maximum Gasteiger partial charge on any atom is 0.196 e. The molecule has 0 heterocycles. The summed E-state index contributed by atoms with van der Waals surface area (Å²) in [5, 5.41) is 0.501. The molecule has 0 aliphatic rings. The Kier molecular flexibility index (Phi) is 4.53. The minimum absolute atomic E-state index is 0.122. The maximum absolute atomic E-state index is 12.7. The van der Waals surface area contributed by atoms with Gasteiger partial charge in [-0.3, -0.25) is 4.79 Å². The highest BCUT2D eigenvalue weighted by molar-refractivity contribution is 6.31. The number of benzene rings is 2. The van der Waals surface area contributed by atoms with Gasteiger partial charge in [0.15, 0.2) is 5.78 Å². The van der Waals surface area contributed by atoms with Crippen LogP contribution in [0.1, 0.15) is 27.0 Å². The van der Waals surface area contributed by atoms with Crippen LogP contribution < -0.4 is 9.47 Å². The number of hydrogen-bond donors (Lipinski definition) is 0. The van der Waals surface area contributed by atoms with E-state index in [4.69, 9.17) is 21.1 Å². The Morgan fingerprint density at radius 2 is 1.62 bits per heavy atom. The summed E-state index contributed by atoms with van der Waals surface area (Å²) in [7, 11) is 3.15. The van der Waals surface area contributed by atoms with Crippen LogP contribution in [0.4, 0.5) is 0 Å². The van der Waals surface area contributed by atoms with E-state index in [2.05, 4.69) is 0 Å². The van der Waals surface area contributed by atoms with Crippen molar-refractivity contribution in [1.29, 1.82) is 0 Å². The van der Waals surface area contributed by atoms with E-state index in [0.29, 0.717) is 21.9 Å². The maximum atomic E-state index is 12.7. The summed E-state index contributed by atoms with van der Waals surface area (Å²) >= 11 is 5.99. The first-order valence-corrected chi connectivity index (χ1v) is 6.89. The first kappa shape index (κ1) is 15.4. The molecule has 0 aliphatic heterocycles. The molecule has 2 rings (SSSR count). The number of aryl methyl sites for hydroxylation is 2. The third-order valence-corrected chi connectivity index (χ3v) is 3.57. The lowest BCUT2D eigenvalue weighted by molar-refractivity contribution is 0.103. The average molecular weight is 305 g/mol. The van der Waals surface area contributed by atoms with Crippen LogP contribution in [-0.2, 0) is 0 Å². The van der Waals surface area contributed by atoms with E-state index in [-0.39, 0.29) is 5.78 Å². The third-order valence-electron chi connectivity index (χ3n) is 3.33. The van der Waals surface area contributed by atoms with Crippen molar-refractivity contribution in [3.05, 3.63) is 57.6 Å². The Labute approximate surface area is 129 Å². The van der Waals surface area contributed by atoms with Crippen molar-refractivity contribution < 1.29 is 14.3 Å². The van der Waals surface area contributed by atoms with E-state index in [0.717, 1.165) is 16.9 Å². The smallest absolute Gasteiger partial charge is 0.196 e. The van der Waals surface area contributed by atoms with Gasteiger partial charge in [-0.2, -0.15) is 0 Å². The quantitative estimate of drug-likeness (QED) is 0.794. The highest BCUT2D eigenvalue weighted by Gasteiger charge is 2.17. The molecule has 4 heteroatoms. The average Bonchev–Trinajstić information content (AvgIpc) is 2.46. The first-order chi connectivity index (χ1) is 9.97. The molecule has 0 aliphatic carbocycles. The van der Waals surface area contributed by atoms with E-state index < -0.39 is 0 Å². The highest BCUT2D eigenvalue weighted by Crippen LogP contribution is 2.29. The lowest BCUT2D eigenvalue weighted by atomic mass is 9.98. The zero-order valence-corrected chi connectivity index (χ0v) is 13.2. The standard InChI is InChI=1S/C17H17ClO3/c1-10-7-12(8-11(2)17(10)21-4)16(19)14-9-13(18)5-6-15(14)20-3/h5-9H,1-4H3. The number of carbonyl (C=O) groups is 1. The molecular weight excluding hydrogens is 288 g/mol. The Bertz CT molecular complexity index is 669. The molecule has 0 unspecified atom stereocenters. The highest BCUT2D eigenvalue weighted by atomic mass is 35.5. The zero-order valence-electron chi connectivity index (χ0n) is 12.5. The zero-order chi connectivity index (χ0) is 15.6. The monoisotopic (exact) mass is 304 g/mol. The third kappa shape index (κ3) is 3.03. The van der Waals surface area contributed by atoms with Crippen LogP contribution >= 0.6 is 11.6 Å². The van der Waals surface area contributed by atoms with Gasteiger partial charge in [-0.1, -0.05) is 11.6 Å². The molecule has 0 atom stereocenters. The summed E-state index contributed by atoms with van der Waals surface area (Å²) in [5.41, 5.74) is 2.88. The van der Waals surface area contributed by atoms with Crippen molar-refractivity contribution in [2.24, 2.45) is 0 Å². The molecule has 21 heavy (non-hydrogen) atoms. The number of rotatable bonds is 4. The van der Waals surface area contributed by atoms with Crippen molar-refractivity contribution in [2.45, 2.75) is 13.8 Å². The second-order valence-electron chi connectivity index (χ2n) is 4.82. The van der Waals surface area contributed by atoms with E-state index in [9.17, 15) is 4.79 Å². The summed E-state index contributed by atoms with van der Waals surface area (Å²) in [5.74, 6) is 1.18. The predicted molar refractivity (Wildman–Crippen MR) is 83.9 cm³/mol. The fourth-order valence-corrected chi connectivity index (χ4v) is 2.59. The Morgan fingerprint density at radius 1 is 1.00 bits per heavy atom. The van der Waals surface area contributed by atoms with Crippen LogP contribution in [0, 0.1) is 13.8 Å². The number of hydrogen-bond acceptors (Lipinski definition) is 3. The van der Waals surface area contributed by atoms with E-state index in [1.165, 1.54) is 7.11 Å². The van der Waals surface area contributed by atoms with Crippen molar-refractivity contribution in [3.8, 4) is 11.5 Å².